The van der Waals surface area contributed by atoms with Crippen LogP contribution in [-0.4, -0.2) is 42.5 Å². The predicted molar refractivity (Wildman–Crippen MR) is 95.1 cm³/mol. The van der Waals surface area contributed by atoms with Crippen LogP contribution in [0.2, 0.25) is 0 Å². The van der Waals surface area contributed by atoms with Gasteiger partial charge in [-0.05, 0) is 48.6 Å². The third-order valence-corrected chi connectivity index (χ3v) is 6.41. The maximum absolute atomic E-state index is 12.1. The van der Waals surface area contributed by atoms with Crippen molar-refractivity contribution in [3.63, 3.8) is 0 Å². The molecule has 1 N–H and O–H groups in total. The summed E-state index contributed by atoms with van der Waals surface area (Å²) in [6.07, 6.45) is 11.2. The standard InChI is InChI=1S/C18H26O3S.Na.H/c19-22(20,21)18-16(14-8-3-1-4-9-14)12-7-13-17(18)15-10-5-2-6-11-15;;/h7,12-15H,1-6,8-11H2,(H,19,20,21);;. The Hall–Kier alpha value is 0.130. The fourth-order valence-corrected chi connectivity index (χ4v) is 5.41. The van der Waals surface area contributed by atoms with Crippen LogP contribution >= 0.6 is 0 Å². The van der Waals surface area contributed by atoms with E-state index in [-0.39, 0.29) is 46.3 Å². The summed E-state index contributed by atoms with van der Waals surface area (Å²) in [5, 5.41) is 0. The van der Waals surface area contributed by atoms with E-state index in [1.54, 1.807) is 0 Å². The van der Waals surface area contributed by atoms with Crippen molar-refractivity contribution < 1.29 is 13.0 Å². The Bertz CT molecular complexity index is 579. The van der Waals surface area contributed by atoms with Crippen LogP contribution in [0.4, 0.5) is 0 Å². The van der Waals surface area contributed by atoms with E-state index in [0.29, 0.717) is 0 Å². The fourth-order valence-electron chi connectivity index (χ4n) is 4.34. The van der Waals surface area contributed by atoms with Crippen LogP contribution in [0, 0.1) is 0 Å². The van der Waals surface area contributed by atoms with Gasteiger partial charge in [0.1, 0.15) is 4.90 Å². The predicted octanol–water partition coefficient (Wildman–Crippen LogP) is 4.38. The molecule has 3 rings (SSSR count). The summed E-state index contributed by atoms with van der Waals surface area (Å²) in [5.74, 6) is 0.573. The van der Waals surface area contributed by atoms with E-state index < -0.39 is 10.1 Å². The zero-order valence-electron chi connectivity index (χ0n) is 13.1. The molecule has 1 aromatic rings. The average molecular weight is 346 g/mol. The van der Waals surface area contributed by atoms with Gasteiger partial charge in [-0.3, -0.25) is 4.55 Å². The molecule has 5 heteroatoms. The first kappa shape index (κ1) is 19.5. The van der Waals surface area contributed by atoms with E-state index in [9.17, 15) is 13.0 Å². The van der Waals surface area contributed by atoms with Crippen LogP contribution < -0.4 is 0 Å². The number of rotatable bonds is 3. The van der Waals surface area contributed by atoms with Crippen molar-refractivity contribution in [2.45, 2.75) is 80.9 Å². The molecule has 0 atom stereocenters. The second-order valence-electron chi connectivity index (χ2n) is 6.91. The first-order valence-electron chi connectivity index (χ1n) is 8.67. The minimum absolute atomic E-state index is 0. The molecule has 0 bridgehead atoms. The molecule has 0 aromatic heterocycles. The molecule has 1 aromatic carbocycles. The average Bonchev–Trinajstić information content (AvgIpc) is 2.55. The third-order valence-electron chi connectivity index (χ3n) is 5.42. The zero-order chi connectivity index (χ0) is 15.6. The number of benzene rings is 1. The Balaban J connectivity index is 0.00000192. The van der Waals surface area contributed by atoms with Gasteiger partial charge in [-0.1, -0.05) is 56.7 Å². The van der Waals surface area contributed by atoms with Crippen molar-refractivity contribution in [2.75, 3.05) is 0 Å². The van der Waals surface area contributed by atoms with Gasteiger partial charge in [-0.15, -0.1) is 0 Å². The van der Waals surface area contributed by atoms with Crippen LogP contribution in [-0.2, 0) is 10.1 Å². The second-order valence-corrected chi connectivity index (χ2v) is 8.27. The quantitative estimate of drug-likeness (QED) is 0.653. The van der Waals surface area contributed by atoms with Gasteiger partial charge in [0.2, 0.25) is 0 Å². The van der Waals surface area contributed by atoms with E-state index in [4.69, 9.17) is 0 Å². The van der Waals surface area contributed by atoms with E-state index in [2.05, 4.69) is 0 Å². The fraction of sp³-hybridized carbons (Fsp3) is 0.667. The summed E-state index contributed by atoms with van der Waals surface area (Å²) in [5.41, 5.74) is 1.73. The van der Waals surface area contributed by atoms with Gasteiger partial charge in [0.25, 0.3) is 10.1 Å². The molecule has 0 saturated heterocycles. The molecule has 0 spiro atoms. The van der Waals surface area contributed by atoms with Crippen molar-refractivity contribution in [2.24, 2.45) is 0 Å². The molecule has 0 amide bonds. The number of hydrogen-bond donors (Lipinski definition) is 1. The van der Waals surface area contributed by atoms with Gasteiger partial charge in [-0.25, -0.2) is 0 Å². The van der Waals surface area contributed by atoms with Gasteiger partial charge in [0, 0.05) is 0 Å². The van der Waals surface area contributed by atoms with Crippen molar-refractivity contribution in [3.8, 4) is 0 Å². The Morgan fingerprint density at radius 3 is 1.52 bits per heavy atom. The summed E-state index contributed by atoms with van der Waals surface area (Å²) in [7, 11) is -4.16. The first-order valence-corrected chi connectivity index (χ1v) is 10.1. The third kappa shape index (κ3) is 4.60. The Morgan fingerprint density at radius 2 is 1.17 bits per heavy atom. The topological polar surface area (TPSA) is 54.4 Å². The van der Waals surface area contributed by atoms with Gasteiger partial charge in [-0.2, -0.15) is 8.42 Å². The SMILES string of the molecule is O=S(=O)(O)c1c(C2CCCCC2)cccc1C1CCCCC1.[NaH]. The molecule has 2 fully saturated rings. The maximum atomic E-state index is 12.1. The monoisotopic (exact) mass is 346 g/mol. The molecule has 0 aliphatic heterocycles. The molecule has 23 heavy (non-hydrogen) atoms. The van der Waals surface area contributed by atoms with Gasteiger partial charge in [0.05, 0.1) is 0 Å². The molecule has 2 aliphatic carbocycles. The molecule has 0 heterocycles. The van der Waals surface area contributed by atoms with Crippen LogP contribution in [0.1, 0.15) is 87.2 Å². The van der Waals surface area contributed by atoms with E-state index in [1.807, 2.05) is 18.2 Å². The second kappa shape index (κ2) is 8.48. The first-order chi connectivity index (χ1) is 10.6. The Kier molecular flexibility index (Phi) is 7.17. The van der Waals surface area contributed by atoms with E-state index in [1.165, 1.54) is 12.8 Å². The van der Waals surface area contributed by atoms with E-state index in [0.717, 1.165) is 62.5 Å². The van der Waals surface area contributed by atoms with Crippen LogP contribution in [0.3, 0.4) is 0 Å². The van der Waals surface area contributed by atoms with Crippen LogP contribution in [0.5, 0.6) is 0 Å². The Morgan fingerprint density at radius 1 is 0.783 bits per heavy atom. The molecule has 2 aliphatic rings. The van der Waals surface area contributed by atoms with Crippen molar-refractivity contribution in [1.29, 1.82) is 0 Å². The summed E-state index contributed by atoms with van der Waals surface area (Å²) < 4.78 is 34.1. The summed E-state index contributed by atoms with van der Waals surface area (Å²) >= 11 is 0. The normalized spacial score (nSPS) is 20.9. The molecular weight excluding hydrogens is 319 g/mol. The van der Waals surface area contributed by atoms with Crippen molar-refractivity contribution in [1.82, 2.24) is 0 Å². The molecular formula is C18H27NaO3S. The Labute approximate surface area is 162 Å². The van der Waals surface area contributed by atoms with Crippen molar-refractivity contribution >= 4 is 39.7 Å². The summed E-state index contributed by atoms with van der Waals surface area (Å²) in [6, 6.07) is 5.83. The van der Waals surface area contributed by atoms with E-state index >= 15 is 0 Å². The number of hydrogen-bond acceptors (Lipinski definition) is 2. The zero-order valence-corrected chi connectivity index (χ0v) is 13.9. The van der Waals surface area contributed by atoms with Crippen LogP contribution in [0.15, 0.2) is 23.1 Å². The molecule has 0 unspecified atom stereocenters. The van der Waals surface area contributed by atoms with Gasteiger partial charge in [0.15, 0.2) is 0 Å². The minimum atomic E-state index is -4.16. The molecule has 3 nitrogen and oxygen atoms in total. The molecule has 0 radical (unpaired) electrons. The summed E-state index contributed by atoms with van der Waals surface area (Å²) in [6.45, 7) is 0. The van der Waals surface area contributed by atoms with Crippen molar-refractivity contribution in [3.05, 3.63) is 29.3 Å². The van der Waals surface area contributed by atoms with Crippen LogP contribution in [0.25, 0.3) is 0 Å². The molecule has 124 valence electrons. The van der Waals surface area contributed by atoms with Gasteiger partial charge < -0.3 is 0 Å². The summed E-state index contributed by atoms with van der Waals surface area (Å²) in [4.78, 5) is 0.244. The molecule has 2 saturated carbocycles. The van der Waals surface area contributed by atoms with Gasteiger partial charge >= 0.3 is 29.6 Å².